The molecule has 28 heavy (non-hydrogen) atoms. The third-order valence-corrected chi connectivity index (χ3v) is 10.2. The van der Waals surface area contributed by atoms with Gasteiger partial charge in [0, 0.05) is 5.39 Å². The van der Waals surface area contributed by atoms with Crippen molar-refractivity contribution in [2.45, 2.75) is 14.1 Å². The first-order valence-corrected chi connectivity index (χ1v) is 10.5. The average molecular weight is 496 g/mol. The maximum atomic E-state index is 13.4. The molecule has 2 amide bonds. The lowest BCUT2D eigenvalue weighted by molar-refractivity contribution is -0.123. The standard InChI is InChI=1S/C19H9Cl6NO2/c20-13-14(21)18(23)12-11(17(13,22)19(18,24)25)15(27)26(16(12)28)10-7-3-5-8-4-1-2-6-9(8)10/h1-7,11-12H/t11-,12-,17-,18-/m0/s1. The van der Waals surface area contributed by atoms with Gasteiger partial charge in [-0.15, -0.1) is 23.2 Å². The maximum absolute atomic E-state index is 13.4. The first-order valence-electron chi connectivity index (χ1n) is 8.27. The minimum absolute atomic E-state index is 0.0991. The first kappa shape index (κ1) is 19.3. The summed E-state index contributed by atoms with van der Waals surface area (Å²) in [6.45, 7) is 0. The fourth-order valence-corrected chi connectivity index (χ4v) is 7.56. The molecule has 1 saturated heterocycles. The molecule has 0 radical (unpaired) electrons. The van der Waals surface area contributed by atoms with Crippen LogP contribution in [0.4, 0.5) is 5.69 Å². The molecular weight excluding hydrogens is 487 g/mol. The average Bonchev–Trinajstić information content (AvgIpc) is 3.05. The molecule has 1 saturated carbocycles. The van der Waals surface area contributed by atoms with Gasteiger partial charge in [0.05, 0.1) is 27.6 Å². The van der Waals surface area contributed by atoms with E-state index >= 15 is 0 Å². The molecule has 3 aliphatic rings. The third-order valence-electron chi connectivity index (χ3n) is 5.92. The van der Waals surface area contributed by atoms with Crippen LogP contribution in [0.1, 0.15) is 0 Å². The molecule has 3 nitrogen and oxygen atoms in total. The van der Waals surface area contributed by atoms with Gasteiger partial charge in [0.1, 0.15) is 9.75 Å². The molecule has 2 aromatic carbocycles. The lowest BCUT2D eigenvalue weighted by Crippen LogP contribution is -2.50. The molecule has 0 unspecified atom stereocenters. The van der Waals surface area contributed by atoms with Crippen LogP contribution >= 0.6 is 69.6 Å². The van der Waals surface area contributed by atoms with Crippen molar-refractivity contribution < 1.29 is 9.59 Å². The molecule has 9 heteroatoms. The van der Waals surface area contributed by atoms with Crippen LogP contribution in [-0.4, -0.2) is 25.9 Å². The number of rotatable bonds is 1. The second-order valence-electron chi connectivity index (χ2n) is 7.09. The van der Waals surface area contributed by atoms with Gasteiger partial charge in [-0.25, -0.2) is 4.90 Å². The number of carbonyl (C=O) groups excluding carboxylic acids is 2. The smallest absolute Gasteiger partial charge is 0.240 e. The van der Waals surface area contributed by atoms with Gasteiger partial charge in [-0.1, -0.05) is 82.8 Å². The summed E-state index contributed by atoms with van der Waals surface area (Å²) in [5.41, 5.74) is 0.435. The maximum Gasteiger partial charge on any atom is 0.240 e. The topological polar surface area (TPSA) is 37.4 Å². The van der Waals surface area contributed by atoms with E-state index in [0.717, 1.165) is 15.7 Å². The molecule has 2 aromatic rings. The highest BCUT2D eigenvalue weighted by Crippen LogP contribution is 2.77. The Bertz CT molecular complexity index is 1080. The molecule has 0 aromatic heterocycles. The summed E-state index contributed by atoms with van der Waals surface area (Å²) in [6, 6.07) is 12.7. The van der Waals surface area contributed by atoms with Crippen molar-refractivity contribution in [3.8, 4) is 0 Å². The van der Waals surface area contributed by atoms with E-state index in [2.05, 4.69) is 0 Å². The molecular formula is C19H9Cl6NO2. The molecule has 1 heterocycles. The molecule has 2 bridgehead atoms. The van der Waals surface area contributed by atoms with E-state index in [9.17, 15) is 9.59 Å². The molecule has 5 rings (SSSR count). The van der Waals surface area contributed by atoms with E-state index in [4.69, 9.17) is 69.6 Å². The predicted molar refractivity (Wildman–Crippen MR) is 114 cm³/mol. The number of nitrogens with zero attached hydrogens (tertiary/aromatic N) is 1. The van der Waals surface area contributed by atoms with Crippen molar-refractivity contribution >= 4 is 97.9 Å². The number of alkyl halides is 4. The summed E-state index contributed by atoms with van der Waals surface area (Å²) >= 11 is 39.1. The zero-order valence-corrected chi connectivity index (χ0v) is 18.3. The number of fused-ring (bicyclic) bond motifs is 6. The van der Waals surface area contributed by atoms with Gasteiger partial charge in [0.25, 0.3) is 0 Å². The van der Waals surface area contributed by atoms with Crippen LogP contribution in [0.2, 0.25) is 0 Å². The lowest BCUT2D eigenvalue weighted by atomic mass is 9.84. The van der Waals surface area contributed by atoms with Crippen molar-refractivity contribution in [3.05, 3.63) is 52.5 Å². The fraction of sp³-hybridized carbons (Fsp3) is 0.263. The number of imide groups is 1. The van der Waals surface area contributed by atoms with Crippen LogP contribution in [0, 0.1) is 11.8 Å². The van der Waals surface area contributed by atoms with E-state index < -0.39 is 37.7 Å². The summed E-state index contributed by atoms with van der Waals surface area (Å²) in [7, 11) is 0. The number of carbonyl (C=O) groups is 2. The lowest BCUT2D eigenvalue weighted by Gasteiger charge is -2.34. The van der Waals surface area contributed by atoms with Crippen molar-refractivity contribution in [1.29, 1.82) is 0 Å². The van der Waals surface area contributed by atoms with Crippen molar-refractivity contribution in [3.63, 3.8) is 0 Å². The van der Waals surface area contributed by atoms with Crippen LogP contribution in [-0.2, 0) is 9.59 Å². The molecule has 0 N–H and O–H groups in total. The van der Waals surface area contributed by atoms with E-state index in [1.807, 2.05) is 30.3 Å². The number of amides is 2. The number of benzene rings is 2. The van der Waals surface area contributed by atoms with Crippen molar-refractivity contribution in [2.24, 2.45) is 11.8 Å². The largest absolute Gasteiger partial charge is 0.274 e. The van der Waals surface area contributed by atoms with E-state index in [-0.39, 0.29) is 10.1 Å². The zero-order chi connectivity index (χ0) is 20.2. The Kier molecular flexibility index (Phi) is 3.94. The Balaban J connectivity index is 1.74. The molecule has 2 aliphatic carbocycles. The number of hydrogen-bond donors (Lipinski definition) is 0. The number of anilines is 1. The molecule has 144 valence electrons. The molecule has 4 atom stereocenters. The van der Waals surface area contributed by atoms with Crippen LogP contribution in [0.25, 0.3) is 10.8 Å². The van der Waals surface area contributed by atoms with Gasteiger partial charge >= 0.3 is 0 Å². The quantitative estimate of drug-likeness (QED) is 0.371. The minimum atomic E-state index is -1.93. The summed E-state index contributed by atoms with van der Waals surface area (Å²) in [5, 5.41) is 1.41. The summed E-state index contributed by atoms with van der Waals surface area (Å²) in [6.07, 6.45) is 0. The predicted octanol–water partition coefficient (Wildman–Crippen LogP) is 5.79. The normalized spacial score (nSPS) is 36.0. The Morgan fingerprint density at radius 3 is 1.82 bits per heavy atom. The van der Waals surface area contributed by atoms with Crippen molar-refractivity contribution in [2.75, 3.05) is 4.90 Å². The van der Waals surface area contributed by atoms with Gasteiger partial charge in [0.15, 0.2) is 4.33 Å². The van der Waals surface area contributed by atoms with Gasteiger partial charge in [-0.05, 0) is 11.5 Å². The first-order chi connectivity index (χ1) is 13.1. The SMILES string of the molecule is O=C1[C@@H]2[C@@H](C(=O)N1c1cccc3ccccc13)[C@]1(Cl)C(Cl)=C(Cl)[C@]2(Cl)C1(Cl)Cl. The van der Waals surface area contributed by atoms with Gasteiger partial charge in [0.2, 0.25) is 11.8 Å². The molecule has 1 aliphatic heterocycles. The second kappa shape index (κ2) is 5.72. The Morgan fingerprint density at radius 1 is 0.750 bits per heavy atom. The Labute approximate surface area is 190 Å². The summed E-state index contributed by atoms with van der Waals surface area (Å²) in [4.78, 5) is 24.4. The highest BCUT2D eigenvalue weighted by atomic mass is 35.5. The molecule has 2 fully saturated rings. The second-order valence-corrected chi connectivity index (χ2v) is 10.4. The van der Waals surface area contributed by atoms with Crippen LogP contribution in [0.3, 0.4) is 0 Å². The number of hydrogen-bond acceptors (Lipinski definition) is 2. The van der Waals surface area contributed by atoms with Crippen LogP contribution < -0.4 is 4.90 Å². The minimum Gasteiger partial charge on any atom is -0.274 e. The monoisotopic (exact) mass is 493 g/mol. The summed E-state index contributed by atoms with van der Waals surface area (Å²) in [5.74, 6) is -3.39. The van der Waals surface area contributed by atoms with Crippen LogP contribution in [0.5, 0.6) is 0 Å². The van der Waals surface area contributed by atoms with Crippen molar-refractivity contribution in [1.82, 2.24) is 0 Å². The Hall–Kier alpha value is -0.680. The third kappa shape index (κ3) is 1.84. The van der Waals surface area contributed by atoms with Gasteiger partial charge < -0.3 is 0 Å². The summed E-state index contributed by atoms with van der Waals surface area (Å²) < 4.78 is -1.93. The van der Waals surface area contributed by atoms with Gasteiger partial charge in [-0.3, -0.25) is 9.59 Å². The van der Waals surface area contributed by atoms with Crippen LogP contribution in [0.15, 0.2) is 52.5 Å². The zero-order valence-electron chi connectivity index (χ0n) is 13.7. The fourth-order valence-electron chi connectivity index (χ4n) is 4.64. The molecule has 0 spiro atoms. The highest BCUT2D eigenvalue weighted by Gasteiger charge is 2.87. The number of allylic oxidation sites excluding steroid dienone is 2. The van der Waals surface area contributed by atoms with Gasteiger partial charge in [-0.2, -0.15) is 0 Å². The Morgan fingerprint density at radius 2 is 1.25 bits per heavy atom. The highest BCUT2D eigenvalue weighted by molar-refractivity contribution is 6.67. The van der Waals surface area contributed by atoms with E-state index in [1.165, 1.54) is 0 Å². The number of halogens is 6. The van der Waals surface area contributed by atoms with E-state index in [0.29, 0.717) is 5.69 Å². The van der Waals surface area contributed by atoms with E-state index in [1.54, 1.807) is 12.1 Å².